The van der Waals surface area contributed by atoms with Gasteiger partial charge in [-0.15, -0.1) is 0 Å². The molecule has 1 nitrogen and oxygen atoms in total. The standard InChI is InChI=1S/C17H25F2N/c1-6-8-17(5,9-7-2)13(4)20-16-11-15(19)14(18)10-12(16)3/h10-11H,6-9H2,1-5H3. The molecule has 0 N–H and O–H groups in total. The van der Waals surface area contributed by atoms with Gasteiger partial charge in [0.05, 0.1) is 5.69 Å². The van der Waals surface area contributed by atoms with Crippen molar-refractivity contribution in [2.24, 2.45) is 10.4 Å². The number of hydrogen-bond donors (Lipinski definition) is 0. The van der Waals surface area contributed by atoms with Crippen LogP contribution in [0.2, 0.25) is 0 Å². The van der Waals surface area contributed by atoms with E-state index in [4.69, 9.17) is 0 Å². The summed E-state index contributed by atoms with van der Waals surface area (Å²) in [4.78, 5) is 4.58. The molecular weight excluding hydrogens is 256 g/mol. The van der Waals surface area contributed by atoms with Crippen LogP contribution < -0.4 is 0 Å². The Bertz CT molecular complexity index is 486. The number of hydrogen-bond acceptors (Lipinski definition) is 1. The predicted molar refractivity (Wildman–Crippen MR) is 81.8 cm³/mol. The zero-order chi connectivity index (χ0) is 15.3. The number of aryl methyl sites for hydroxylation is 1. The van der Waals surface area contributed by atoms with Crippen molar-refractivity contribution in [3.05, 3.63) is 29.3 Å². The first-order valence-electron chi connectivity index (χ1n) is 7.35. The van der Waals surface area contributed by atoms with Gasteiger partial charge in [-0.25, -0.2) is 8.78 Å². The second kappa shape index (κ2) is 6.96. The van der Waals surface area contributed by atoms with Gasteiger partial charge in [-0.3, -0.25) is 4.99 Å². The second-order valence-corrected chi connectivity index (χ2v) is 5.81. The molecule has 112 valence electrons. The van der Waals surface area contributed by atoms with E-state index in [1.807, 2.05) is 6.92 Å². The SMILES string of the molecule is CCCC(C)(CCC)C(C)=Nc1cc(F)c(F)cc1C. The number of rotatable bonds is 6. The summed E-state index contributed by atoms with van der Waals surface area (Å²) in [7, 11) is 0. The number of benzene rings is 1. The van der Waals surface area contributed by atoms with Gasteiger partial charge < -0.3 is 0 Å². The smallest absolute Gasteiger partial charge is 0.160 e. The van der Waals surface area contributed by atoms with Crippen molar-refractivity contribution in [3.63, 3.8) is 0 Å². The monoisotopic (exact) mass is 281 g/mol. The molecule has 0 fully saturated rings. The molecule has 1 aromatic carbocycles. The fourth-order valence-corrected chi connectivity index (χ4v) is 2.66. The minimum Gasteiger partial charge on any atom is -0.257 e. The second-order valence-electron chi connectivity index (χ2n) is 5.81. The van der Waals surface area contributed by atoms with Crippen molar-refractivity contribution >= 4 is 11.4 Å². The molecule has 1 aromatic rings. The maximum atomic E-state index is 13.4. The van der Waals surface area contributed by atoms with Crippen LogP contribution in [0, 0.1) is 24.0 Å². The largest absolute Gasteiger partial charge is 0.257 e. The summed E-state index contributed by atoms with van der Waals surface area (Å²) in [5.74, 6) is -1.65. The highest BCUT2D eigenvalue weighted by molar-refractivity contribution is 5.90. The molecule has 0 aliphatic rings. The number of halogens is 2. The first-order chi connectivity index (χ1) is 9.34. The van der Waals surface area contributed by atoms with Crippen molar-refractivity contribution in [1.29, 1.82) is 0 Å². The van der Waals surface area contributed by atoms with Crippen molar-refractivity contribution in [1.82, 2.24) is 0 Å². The highest BCUT2D eigenvalue weighted by Gasteiger charge is 2.26. The maximum Gasteiger partial charge on any atom is 0.160 e. The molecule has 0 atom stereocenters. The first kappa shape index (κ1) is 16.8. The summed E-state index contributed by atoms with van der Waals surface area (Å²) in [6.07, 6.45) is 4.28. The lowest BCUT2D eigenvalue weighted by Gasteiger charge is -2.29. The van der Waals surface area contributed by atoms with E-state index in [1.165, 1.54) is 12.1 Å². The van der Waals surface area contributed by atoms with Crippen LogP contribution in [0.1, 0.15) is 58.9 Å². The third-order valence-corrected chi connectivity index (χ3v) is 4.00. The number of aliphatic imine (C=N–C) groups is 1. The molecular formula is C17H25F2N. The average Bonchev–Trinajstić information content (AvgIpc) is 2.36. The lowest BCUT2D eigenvalue weighted by Crippen LogP contribution is -2.25. The van der Waals surface area contributed by atoms with E-state index in [0.717, 1.165) is 31.4 Å². The Morgan fingerprint density at radius 3 is 2.10 bits per heavy atom. The quantitative estimate of drug-likeness (QED) is 0.569. The molecule has 3 heteroatoms. The van der Waals surface area contributed by atoms with Crippen LogP contribution in [0.15, 0.2) is 17.1 Å². The van der Waals surface area contributed by atoms with E-state index >= 15 is 0 Å². The summed E-state index contributed by atoms with van der Waals surface area (Å²) in [6.45, 7) is 10.3. The van der Waals surface area contributed by atoms with Gasteiger partial charge in [0, 0.05) is 17.2 Å². The third-order valence-electron chi connectivity index (χ3n) is 4.00. The van der Waals surface area contributed by atoms with Crippen LogP contribution in [0.5, 0.6) is 0 Å². The highest BCUT2D eigenvalue weighted by Crippen LogP contribution is 2.33. The molecule has 0 amide bonds. The third kappa shape index (κ3) is 3.87. The lowest BCUT2D eigenvalue weighted by molar-refractivity contribution is 0.383. The van der Waals surface area contributed by atoms with Crippen LogP contribution in [-0.2, 0) is 0 Å². The van der Waals surface area contributed by atoms with Gasteiger partial charge in [-0.2, -0.15) is 0 Å². The van der Waals surface area contributed by atoms with Gasteiger partial charge in [-0.1, -0.05) is 33.6 Å². The predicted octanol–water partition coefficient (Wildman–Crippen LogP) is 5.97. The summed E-state index contributed by atoms with van der Waals surface area (Å²) in [5.41, 5.74) is 2.22. The van der Waals surface area contributed by atoms with Crippen LogP contribution in [-0.4, -0.2) is 5.71 Å². The van der Waals surface area contributed by atoms with Gasteiger partial charge in [0.1, 0.15) is 0 Å². The summed E-state index contributed by atoms with van der Waals surface area (Å²) >= 11 is 0. The summed E-state index contributed by atoms with van der Waals surface area (Å²) in [6, 6.07) is 2.39. The molecule has 20 heavy (non-hydrogen) atoms. The zero-order valence-corrected chi connectivity index (χ0v) is 13.2. The van der Waals surface area contributed by atoms with Crippen LogP contribution in [0.3, 0.4) is 0 Å². The molecule has 0 aromatic heterocycles. The van der Waals surface area contributed by atoms with E-state index < -0.39 is 11.6 Å². The van der Waals surface area contributed by atoms with Crippen LogP contribution in [0.25, 0.3) is 0 Å². The highest BCUT2D eigenvalue weighted by atomic mass is 19.2. The Kier molecular flexibility index (Phi) is 5.85. The molecule has 0 saturated carbocycles. The van der Waals surface area contributed by atoms with Gasteiger partial charge in [-0.05, 0) is 38.3 Å². The van der Waals surface area contributed by atoms with Crippen molar-refractivity contribution in [3.8, 4) is 0 Å². The fourth-order valence-electron chi connectivity index (χ4n) is 2.66. The Morgan fingerprint density at radius 1 is 1.10 bits per heavy atom. The van der Waals surface area contributed by atoms with Crippen LogP contribution >= 0.6 is 0 Å². The molecule has 0 radical (unpaired) electrons. The van der Waals surface area contributed by atoms with Gasteiger partial charge >= 0.3 is 0 Å². The molecule has 0 heterocycles. The Hall–Kier alpha value is -1.25. The number of nitrogens with zero attached hydrogens (tertiary/aromatic N) is 1. The fraction of sp³-hybridized carbons (Fsp3) is 0.588. The van der Waals surface area contributed by atoms with Crippen molar-refractivity contribution < 1.29 is 8.78 Å². The molecule has 0 saturated heterocycles. The molecule has 1 rings (SSSR count). The molecule has 0 unspecified atom stereocenters. The van der Waals surface area contributed by atoms with Crippen LogP contribution in [0.4, 0.5) is 14.5 Å². The van der Waals surface area contributed by atoms with E-state index in [1.54, 1.807) is 6.92 Å². The normalized spacial score (nSPS) is 12.8. The topological polar surface area (TPSA) is 12.4 Å². The summed E-state index contributed by atoms with van der Waals surface area (Å²) in [5, 5.41) is 0. The van der Waals surface area contributed by atoms with E-state index in [9.17, 15) is 8.78 Å². The van der Waals surface area contributed by atoms with E-state index in [2.05, 4.69) is 25.8 Å². The first-order valence-corrected chi connectivity index (χ1v) is 7.35. The summed E-state index contributed by atoms with van der Waals surface area (Å²) < 4.78 is 26.5. The average molecular weight is 281 g/mol. The molecule has 0 bridgehead atoms. The van der Waals surface area contributed by atoms with E-state index in [-0.39, 0.29) is 5.41 Å². The van der Waals surface area contributed by atoms with Crippen molar-refractivity contribution in [2.75, 3.05) is 0 Å². The molecule has 0 spiro atoms. The Morgan fingerprint density at radius 2 is 1.60 bits per heavy atom. The minimum absolute atomic E-state index is 0.0286. The lowest BCUT2D eigenvalue weighted by atomic mass is 9.77. The van der Waals surface area contributed by atoms with Crippen molar-refractivity contribution in [2.45, 2.75) is 60.3 Å². The maximum absolute atomic E-state index is 13.4. The molecule has 0 aliphatic carbocycles. The van der Waals surface area contributed by atoms with Gasteiger partial charge in [0.25, 0.3) is 0 Å². The van der Waals surface area contributed by atoms with E-state index in [0.29, 0.717) is 11.3 Å². The Labute approximate surface area is 121 Å². The Balaban J connectivity index is 3.17. The van der Waals surface area contributed by atoms with Gasteiger partial charge in [0.2, 0.25) is 0 Å². The minimum atomic E-state index is -0.838. The molecule has 0 aliphatic heterocycles. The van der Waals surface area contributed by atoms with Gasteiger partial charge in [0.15, 0.2) is 11.6 Å². The zero-order valence-electron chi connectivity index (χ0n) is 13.2.